The number of hydrogen-bond acceptors (Lipinski definition) is 1. The molecule has 2 N–H and O–H groups in total. The quantitative estimate of drug-likeness (QED) is 0.590. The lowest BCUT2D eigenvalue weighted by Crippen LogP contribution is -2.34. The van der Waals surface area contributed by atoms with Crippen LogP contribution in [0.5, 0.6) is 0 Å². The fourth-order valence-corrected chi connectivity index (χ4v) is 2.30. The topological polar surface area (TPSA) is 26.0 Å². The minimum atomic E-state index is 0.557. The predicted octanol–water partition coefficient (Wildman–Crippen LogP) is 1.91. The van der Waals surface area contributed by atoms with Gasteiger partial charge in [0.15, 0.2) is 0 Å². The first kappa shape index (κ1) is 6.66. The molecule has 0 spiro atoms. The summed E-state index contributed by atoms with van der Waals surface area (Å²) in [6.07, 6.45) is 8.48. The zero-order valence-electron chi connectivity index (χ0n) is 6.55. The molecule has 0 aromatic rings. The van der Waals surface area contributed by atoms with E-state index in [4.69, 9.17) is 5.73 Å². The smallest absolute Gasteiger partial charge is 0.00698 e. The molecule has 2 aliphatic rings. The van der Waals surface area contributed by atoms with E-state index in [9.17, 15) is 0 Å². The second-order valence-electron chi connectivity index (χ2n) is 3.95. The molecule has 1 heteroatoms. The van der Waals surface area contributed by atoms with Gasteiger partial charge in [0.2, 0.25) is 0 Å². The molecular weight excluding hydrogens is 122 g/mol. The van der Waals surface area contributed by atoms with Crippen molar-refractivity contribution in [2.45, 2.75) is 44.6 Å². The van der Waals surface area contributed by atoms with Gasteiger partial charge in [-0.15, -0.1) is 0 Å². The van der Waals surface area contributed by atoms with E-state index >= 15 is 0 Å². The lowest BCUT2D eigenvalue weighted by molar-refractivity contribution is 0.277. The number of nitrogens with two attached hydrogens (primary N) is 1. The summed E-state index contributed by atoms with van der Waals surface area (Å²) in [7, 11) is 0. The second-order valence-corrected chi connectivity index (χ2v) is 3.95. The molecule has 2 saturated carbocycles. The molecule has 0 amide bonds. The van der Waals surface area contributed by atoms with Gasteiger partial charge in [-0.25, -0.2) is 0 Å². The molecule has 2 atom stereocenters. The van der Waals surface area contributed by atoms with E-state index in [1.54, 1.807) is 0 Å². The minimum Gasteiger partial charge on any atom is -0.327 e. The highest BCUT2D eigenvalue weighted by Crippen LogP contribution is 2.43. The summed E-state index contributed by atoms with van der Waals surface area (Å²) in [5.41, 5.74) is 6.02. The van der Waals surface area contributed by atoms with Gasteiger partial charge in [-0.2, -0.15) is 0 Å². The molecule has 2 rings (SSSR count). The Bertz CT molecular complexity index is 118. The molecule has 0 unspecified atom stereocenters. The molecular formula is C9H17N. The van der Waals surface area contributed by atoms with Crippen LogP contribution in [0.1, 0.15) is 38.5 Å². The van der Waals surface area contributed by atoms with Crippen molar-refractivity contribution < 1.29 is 0 Å². The fraction of sp³-hybridized carbons (Fsp3) is 1.00. The molecule has 0 aliphatic heterocycles. The molecule has 1 nitrogen and oxygen atoms in total. The van der Waals surface area contributed by atoms with Gasteiger partial charge in [0.05, 0.1) is 0 Å². The van der Waals surface area contributed by atoms with E-state index in [1.165, 1.54) is 38.5 Å². The van der Waals surface area contributed by atoms with E-state index < -0.39 is 0 Å². The molecule has 0 radical (unpaired) electrons. The Balaban J connectivity index is 1.90. The summed E-state index contributed by atoms with van der Waals surface area (Å²) >= 11 is 0. The van der Waals surface area contributed by atoms with Gasteiger partial charge in [-0.05, 0) is 37.5 Å². The largest absolute Gasteiger partial charge is 0.327 e. The van der Waals surface area contributed by atoms with Gasteiger partial charge < -0.3 is 5.73 Å². The molecule has 0 heterocycles. The number of hydrogen-bond donors (Lipinski definition) is 1. The van der Waals surface area contributed by atoms with Crippen LogP contribution in [0.2, 0.25) is 0 Å². The monoisotopic (exact) mass is 139 g/mol. The molecule has 0 aromatic heterocycles. The maximum absolute atomic E-state index is 6.02. The maximum atomic E-state index is 6.02. The lowest BCUT2D eigenvalue weighted by Gasteiger charge is -2.28. The van der Waals surface area contributed by atoms with Crippen molar-refractivity contribution in [2.24, 2.45) is 17.6 Å². The zero-order chi connectivity index (χ0) is 6.97. The van der Waals surface area contributed by atoms with Crippen LogP contribution in [0.15, 0.2) is 0 Å². The molecule has 0 bridgehead atoms. The van der Waals surface area contributed by atoms with E-state index in [-0.39, 0.29) is 0 Å². The van der Waals surface area contributed by atoms with Crippen molar-refractivity contribution in [2.75, 3.05) is 0 Å². The second kappa shape index (κ2) is 2.54. The summed E-state index contributed by atoms with van der Waals surface area (Å²) < 4.78 is 0. The normalized spacial score (nSPS) is 41.7. The van der Waals surface area contributed by atoms with Crippen LogP contribution >= 0.6 is 0 Å². The van der Waals surface area contributed by atoms with Crippen LogP contribution in [0.4, 0.5) is 0 Å². The van der Waals surface area contributed by atoms with Crippen molar-refractivity contribution in [1.29, 1.82) is 0 Å². The lowest BCUT2D eigenvalue weighted by atomic mass is 9.82. The van der Waals surface area contributed by atoms with E-state index in [1.807, 2.05) is 0 Å². The first-order valence-corrected chi connectivity index (χ1v) is 4.63. The Morgan fingerprint density at radius 3 is 2.20 bits per heavy atom. The van der Waals surface area contributed by atoms with Gasteiger partial charge in [0.25, 0.3) is 0 Å². The Kier molecular flexibility index (Phi) is 1.69. The molecule has 58 valence electrons. The van der Waals surface area contributed by atoms with Crippen molar-refractivity contribution in [3.63, 3.8) is 0 Å². The fourth-order valence-electron chi connectivity index (χ4n) is 2.30. The molecule has 0 aromatic carbocycles. The molecule has 10 heavy (non-hydrogen) atoms. The van der Waals surface area contributed by atoms with Crippen LogP contribution in [0.25, 0.3) is 0 Å². The molecule has 2 fully saturated rings. The molecule has 2 aliphatic carbocycles. The summed E-state index contributed by atoms with van der Waals surface area (Å²) in [6, 6.07) is 0.557. The third-order valence-corrected chi connectivity index (χ3v) is 3.10. The third-order valence-electron chi connectivity index (χ3n) is 3.10. The Morgan fingerprint density at radius 1 is 0.900 bits per heavy atom. The van der Waals surface area contributed by atoms with Gasteiger partial charge >= 0.3 is 0 Å². The van der Waals surface area contributed by atoms with E-state index in [0.29, 0.717) is 6.04 Å². The van der Waals surface area contributed by atoms with Crippen molar-refractivity contribution in [3.8, 4) is 0 Å². The highest BCUT2D eigenvalue weighted by Gasteiger charge is 2.35. The summed E-state index contributed by atoms with van der Waals surface area (Å²) in [5, 5.41) is 0. The average molecular weight is 139 g/mol. The van der Waals surface area contributed by atoms with Crippen LogP contribution < -0.4 is 5.73 Å². The predicted molar refractivity (Wildman–Crippen MR) is 42.7 cm³/mol. The summed E-state index contributed by atoms with van der Waals surface area (Å²) in [5.74, 6) is 1.95. The van der Waals surface area contributed by atoms with Gasteiger partial charge in [0, 0.05) is 6.04 Å². The van der Waals surface area contributed by atoms with Crippen LogP contribution in [0, 0.1) is 11.8 Å². The van der Waals surface area contributed by atoms with E-state index in [2.05, 4.69) is 0 Å². The highest BCUT2D eigenvalue weighted by molar-refractivity contribution is 4.89. The Morgan fingerprint density at radius 2 is 1.60 bits per heavy atom. The first-order chi connectivity index (χ1) is 4.88. The standard InChI is InChI=1S/C9H17N/c10-9-4-2-1-3-8(9)7-5-6-7/h7-9H,1-6,10H2/t8-,9+/m0/s1. The maximum Gasteiger partial charge on any atom is 0.00698 e. The van der Waals surface area contributed by atoms with E-state index in [0.717, 1.165) is 11.8 Å². The van der Waals surface area contributed by atoms with Gasteiger partial charge in [-0.1, -0.05) is 12.8 Å². The number of rotatable bonds is 1. The van der Waals surface area contributed by atoms with Crippen LogP contribution in [-0.4, -0.2) is 6.04 Å². The Hall–Kier alpha value is -0.0400. The molecule has 0 saturated heterocycles. The summed E-state index contributed by atoms with van der Waals surface area (Å²) in [6.45, 7) is 0. The van der Waals surface area contributed by atoms with Crippen LogP contribution in [0.3, 0.4) is 0 Å². The Labute approximate surface area is 63.0 Å². The van der Waals surface area contributed by atoms with Crippen molar-refractivity contribution in [1.82, 2.24) is 0 Å². The van der Waals surface area contributed by atoms with Gasteiger partial charge in [0.1, 0.15) is 0 Å². The van der Waals surface area contributed by atoms with Crippen molar-refractivity contribution >= 4 is 0 Å². The minimum absolute atomic E-state index is 0.557. The third kappa shape index (κ3) is 1.20. The first-order valence-electron chi connectivity index (χ1n) is 4.63. The summed E-state index contributed by atoms with van der Waals surface area (Å²) in [4.78, 5) is 0. The highest BCUT2D eigenvalue weighted by atomic mass is 14.7. The van der Waals surface area contributed by atoms with Crippen LogP contribution in [-0.2, 0) is 0 Å². The van der Waals surface area contributed by atoms with Crippen molar-refractivity contribution in [3.05, 3.63) is 0 Å². The SMILES string of the molecule is N[C@@H]1CCCC[C@H]1C1CC1. The van der Waals surface area contributed by atoms with Gasteiger partial charge in [-0.3, -0.25) is 0 Å². The zero-order valence-corrected chi connectivity index (χ0v) is 6.55. The average Bonchev–Trinajstić information content (AvgIpc) is 2.71.